The molecule has 0 aliphatic carbocycles. The number of hydrogen-bond donors (Lipinski definition) is 1. The predicted molar refractivity (Wildman–Crippen MR) is 141 cm³/mol. The summed E-state index contributed by atoms with van der Waals surface area (Å²) < 4.78 is 69.6. The van der Waals surface area contributed by atoms with E-state index < -0.39 is 24.2 Å². The molecule has 6 rings (SSSR count). The standard InChI is InChI=1S/C29H23F4N5O4/c30-21-13-20(23-2-1-3-27(35-23)42-15-18-6-8-38(36-18)29(32)33)22(31)10-17(21)12-26-34-24-5-4-16(28(39)40)11-25(24)37(26)14-19-7-9-41-19/h1-6,8,10-11,13,19,29H,7,9,12,14-15H2,(H,39,40)/t19-/m0/s1. The molecule has 13 heteroatoms. The van der Waals surface area contributed by atoms with E-state index >= 15 is 8.78 Å². The minimum absolute atomic E-state index is 0.0469. The molecule has 0 saturated carbocycles. The summed E-state index contributed by atoms with van der Waals surface area (Å²) in [6.07, 6.45) is 1.81. The number of hydrogen-bond acceptors (Lipinski definition) is 6. The van der Waals surface area contributed by atoms with Crippen LogP contribution in [0.1, 0.15) is 40.4 Å². The van der Waals surface area contributed by atoms with Gasteiger partial charge in [0.05, 0.1) is 34.9 Å². The van der Waals surface area contributed by atoms with E-state index in [1.54, 1.807) is 16.7 Å². The van der Waals surface area contributed by atoms with E-state index in [2.05, 4.69) is 15.1 Å². The molecule has 0 bridgehead atoms. The topological polar surface area (TPSA) is 104 Å². The highest BCUT2D eigenvalue weighted by Crippen LogP contribution is 2.29. The minimum atomic E-state index is -2.78. The van der Waals surface area contributed by atoms with E-state index in [0.29, 0.717) is 34.7 Å². The highest BCUT2D eigenvalue weighted by atomic mass is 19.3. The van der Waals surface area contributed by atoms with Gasteiger partial charge in [0, 0.05) is 30.9 Å². The Bertz CT molecular complexity index is 1780. The van der Waals surface area contributed by atoms with E-state index in [1.165, 1.54) is 30.3 Å². The van der Waals surface area contributed by atoms with Crippen LogP contribution in [0, 0.1) is 11.6 Å². The molecule has 4 heterocycles. The second kappa shape index (κ2) is 11.2. The van der Waals surface area contributed by atoms with Crippen molar-refractivity contribution in [3.8, 4) is 17.1 Å². The van der Waals surface area contributed by atoms with Gasteiger partial charge in [0.25, 0.3) is 0 Å². The Hall–Kier alpha value is -4.78. The average Bonchev–Trinajstić information content (AvgIpc) is 3.56. The van der Waals surface area contributed by atoms with Crippen molar-refractivity contribution in [3.05, 3.63) is 95.1 Å². The van der Waals surface area contributed by atoms with Gasteiger partial charge in [-0.05, 0) is 54.4 Å². The number of aromatic carboxylic acids is 1. The number of carbonyl (C=O) groups is 1. The summed E-state index contributed by atoms with van der Waals surface area (Å²) in [6, 6.07) is 12.6. The molecular formula is C29H23F4N5O4. The number of benzene rings is 2. The predicted octanol–water partition coefficient (Wildman–Crippen LogP) is 5.63. The molecule has 3 aromatic heterocycles. The van der Waals surface area contributed by atoms with Gasteiger partial charge in [0.15, 0.2) is 0 Å². The van der Waals surface area contributed by atoms with Crippen LogP contribution in [0.4, 0.5) is 17.6 Å². The zero-order valence-corrected chi connectivity index (χ0v) is 21.9. The molecule has 1 fully saturated rings. The van der Waals surface area contributed by atoms with Crippen LogP contribution >= 0.6 is 0 Å². The van der Waals surface area contributed by atoms with Gasteiger partial charge in [-0.3, -0.25) is 0 Å². The van der Waals surface area contributed by atoms with Crippen molar-refractivity contribution in [2.24, 2.45) is 0 Å². The van der Waals surface area contributed by atoms with Gasteiger partial charge >= 0.3 is 12.5 Å². The molecule has 1 aliphatic heterocycles. The summed E-state index contributed by atoms with van der Waals surface area (Å²) in [6.45, 7) is -1.90. The first-order chi connectivity index (χ1) is 20.2. The maximum atomic E-state index is 15.4. The van der Waals surface area contributed by atoms with E-state index in [4.69, 9.17) is 9.47 Å². The molecule has 1 atom stereocenters. The van der Waals surface area contributed by atoms with Crippen molar-refractivity contribution in [1.82, 2.24) is 24.3 Å². The summed E-state index contributed by atoms with van der Waals surface area (Å²) >= 11 is 0. The monoisotopic (exact) mass is 581 g/mol. The number of fused-ring (bicyclic) bond motifs is 1. The van der Waals surface area contributed by atoms with Gasteiger partial charge in [0.2, 0.25) is 5.88 Å². The van der Waals surface area contributed by atoms with Crippen molar-refractivity contribution in [3.63, 3.8) is 0 Å². The maximum absolute atomic E-state index is 15.4. The Morgan fingerprint density at radius 3 is 2.64 bits per heavy atom. The fourth-order valence-corrected chi connectivity index (χ4v) is 4.72. The number of halogens is 4. The van der Waals surface area contributed by atoms with Gasteiger partial charge in [-0.2, -0.15) is 13.9 Å². The SMILES string of the molecule is O=C(O)c1ccc2nc(Cc3cc(F)c(-c4cccc(OCc5ccn(C(F)F)n5)n4)cc3F)n(C[C@@H]3CCO3)c2c1. The lowest BCUT2D eigenvalue weighted by Crippen LogP contribution is -2.31. The molecule has 0 amide bonds. The minimum Gasteiger partial charge on any atom is -0.478 e. The summed E-state index contributed by atoms with van der Waals surface area (Å²) in [7, 11) is 0. The van der Waals surface area contributed by atoms with E-state index in [0.717, 1.165) is 24.8 Å². The summed E-state index contributed by atoms with van der Waals surface area (Å²) in [5, 5.41) is 13.1. The van der Waals surface area contributed by atoms with Crippen LogP contribution in [0.5, 0.6) is 5.88 Å². The third-order valence-corrected chi connectivity index (χ3v) is 6.97. The molecule has 5 aromatic rings. The fourth-order valence-electron chi connectivity index (χ4n) is 4.72. The lowest BCUT2D eigenvalue weighted by molar-refractivity contribution is -0.0589. The van der Waals surface area contributed by atoms with Gasteiger partial charge in [0.1, 0.15) is 29.8 Å². The average molecular weight is 582 g/mol. The lowest BCUT2D eigenvalue weighted by atomic mass is 10.0. The molecule has 216 valence electrons. The van der Waals surface area contributed by atoms with Crippen LogP contribution in [-0.4, -0.2) is 48.1 Å². The number of rotatable bonds is 10. The van der Waals surface area contributed by atoms with Crippen molar-refractivity contribution >= 4 is 17.0 Å². The number of alkyl halides is 2. The van der Waals surface area contributed by atoms with E-state index in [-0.39, 0.29) is 53.1 Å². The molecule has 1 N–H and O–H groups in total. The quantitative estimate of drug-likeness (QED) is 0.213. The summed E-state index contributed by atoms with van der Waals surface area (Å²) in [5.74, 6) is -1.96. The highest BCUT2D eigenvalue weighted by molar-refractivity contribution is 5.92. The van der Waals surface area contributed by atoms with Crippen molar-refractivity contribution in [2.75, 3.05) is 6.61 Å². The Morgan fingerprint density at radius 1 is 1.10 bits per heavy atom. The summed E-state index contributed by atoms with van der Waals surface area (Å²) in [5.41, 5.74) is 1.53. The van der Waals surface area contributed by atoms with Crippen LogP contribution in [0.3, 0.4) is 0 Å². The van der Waals surface area contributed by atoms with Gasteiger partial charge in [-0.15, -0.1) is 0 Å². The number of aromatic nitrogens is 5. The Morgan fingerprint density at radius 2 is 1.93 bits per heavy atom. The smallest absolute Gasteiger partial charge is 0.335 e. The first-order valence-electron chi connectivity index (χ1n) is 13.0. The van der Waals surface area contributed by atoms with Crippen molar-refractivity contribution < 1.29 is 36.9 Å². The zero-order valence-electron chi connectivity index (χ0n) is 21.9. The lowest BCUT2D eigenvalue weighted by Gasteiger charge is -2.27. The molecule has 42 heavy (non-hydrogen) atoms. The molecule has 0 spiro atoms. The van der Waals surface area contributed by atoms with E-state index in [1.807, 2.05) is 0 Å². The number of nitrogens with zero attached hydrogens (tertiary/aromatic N) is 5. The van der Waals surface area contributed by atoms with Crippen LogP contribution in [-0.2, 0) is 24.3 Å². The van der Waals surface area contributed by atoms with Crippen LogP contribution in [0.2, 0.25) is 0 Å². The Kier molecular flexibility index (Phi) is 7.33. The fraction of sp³-hybridized carbons (Fsp3) is 0.241. The number of carboxylic acids is 1. The number of imidazole rings is 1. The van der Waals surface area contributed by atoms with Crippen LogP contribution < -0.4 is 4.74 Å². The maximum Gasteiger partial charge on any atom is 0.335 e. The number of pyridine rings is 1. The van der Waals surface area contributed by atoms with Crippen molar-refractivity contribution in [2.45, 2.75) is 38.6 Å². The van der Waals surface area contributed by atoms with Crippen molar-refractivity contribution in [1.29, 1.82) is 0 Å². The number of ether oxygens (including phenoxy) is 2. The first-order valence-corrected chi connectivity index (χ1v) is 13.0. The Labute approximate surface area is 236 Å². The zero-order chi connectivity index (χ0) is 29.4. The van der Waals surface area contributed by atoms with Gasteiger partial charge in [-0.25, -0.2) is 28.2 Å². The van der Waals surface area contributed by atoms with E-state index in [9.17, 15) is 18.7 Å². The van der Waals surface area contributed by atoms with Crippen LogP contribution in [0.25, 0.3) is 22.3 Å². The molecule has 9 nitrogen and oxygen atoms in total. The summed E-state index contributed by atoms with van der Waals surface area (Å²) in [4.78, 5) is 20.4. The molecule has 1 aliphatic rings. The van der Waals surface area contributed by atoms with Gasteiger partial charge in [-0.1, -0.05) is 6.07 Å². The Balaban J connectivity index is 1.25. The molecule has 0 unspecified atom stereocenters. The molecular weight excluding hydrogens is 558 g/mol. The molecule has 2 aromatic carbocycles. The second-order valence-electron chi connectivity index (χ2n) is 9.74. The van der Waals surface area contributed by atoms with Crippen LogP contribution in [0.15, 0.2) is 60.8 Å². The highest BCUT2D eigenvalue weighted by Gasteiger charge is 2.24. The first kappa shape index (κ1) is 27.4. The molecule has 0 radical (unpaired) electrons. The third kappa shape index (κ3) is 5.55. The normalized spacial score (nSPS) is 14.8. The molecule has 1 saturated heterocycles. The largest absolute Gasteiger partial charge is 0.478 e. The van der Waals surface area contributed by atoms with Gasteiger partial charge < -0.3 is 19.1 Å². The third-order valence-electron chi connectivity index (χ3n) is 6.97. The number of carboxylic acid groups (broad SMARTS) is 1. The second-order valence-corrected chi connectivity index (χ2v) is 9.74.